The maximum Gasteiger partial charge on any atom is 0.311 e. The van der Waals surface area contributed by atoms with Crippen molar-refractivity contribution < 1.29 is 14.7 Å². The van der Waals surface area contributed by atoms with E-state index in [1.54, 1.807) is 10.9 Å². The van der Waals surface area contributed by atoms with Crippen molar-refractivity contribution in [1.82, 2.24) is 10.3 Å². The molecule has 0 unspecified atom stereocenters. The van der Waals surface area contributed by atoms with Crippen LogP contribution in [0, 0.1) is 5.41 Å². The molecule has 2 rings (SSSR count). The van der Waals surface area contributed by atoms with E-state index in [2.05, 4.69) is 10.3 Å². The Morgan fingerprint density at radius 3 is 2.67 bits per heavy atom. The molecule has 5 nitrogen and oxygen atoms in total. The van der Waals surface area contributed by atoms with E-state index in [9.17, 15) is 14.7 Å². The second-order valence-electron chi connectivity index (χ2n) is 4.70. The van der Waals surface area contributed by atoms with Crippen LogP contribution in [0.1, 0.15) is 42.6 Å². The van der Waals surface area contributed by atoms with Crippen LogP contribution in [0.2, 0.25) is 0 Å². The molecule has 1 aliphatic carbocycles. The smallest absolute Gasteiger partial charge is 0.311 e. The molecule has 0 spiro atoms. The van der Waals surface area contributed by atoms with Gasteiger partial charge in [-0.1, -0.05) is 19.3 Å². The van der Waals surface area contributed by atoms with E-state index in [-0.39, 0.29) is 12.5 Å². The molecule has 0 bridgehead atoms. The third kappa shape index (κ3) is 2.69. The standard InChI is InChI=1S/C12H16N2O3S/c15-10(9-6-18-8-14-9)13-7-12(11(16)17)4-2-1-3-5-12/h6,8H,1-5,7H2,(H,13,15)(H,16,17). The lowest BCUT2D eigenvalue weighted by Gasteiger charge is -2.33. The van der Waals surface area contributed by atoms with Crippen molar-refractivity contribution in [3.63, 3.8) is 0 Å². The Bertz CT molecular complexity index is 425. The minimum atomic E-state index is -0.805. The molecule has 1 heterocycles. The molecule has 0 atom stereocenters. The molecule has 2 N–H and O–H groups in total. The van der Waals surface area contributed by atoms with Crippen molar-refractivity contribution in [2.75, 3.05) is 6.54 Å². The van der Waals surface area contributed by atoms with Gasteiger partial charge in [-0.2, -0.15) is 0 Å². The minimum absolute atomic E-state index is 0.193. The number of thiazole rings is 1. The van der Waals surface area contributed by atoms with E-state index in [4.69, 9.17) is 0 Å². The van der Waals surface area contributed by atoms with E-state index in [0.717, 1.165) is 19.3 Å². The molecule has 98 valence electrons. The van der Waals surface area contributed by atoms with E-state index in [1.165, 1.54) is 11.3 Å². The second-order valence-corrected chi connectivity index (χ2v) is 5.42. The molecule has 6 heteroatoms. The van der Waals surface area contributed by atoms with E-state index in [0.29, 0.717) is 18.5 Å². The summed E-state index contributed by atoms with van der Waals surface area (Å²) in [6.07, 6.45) is 4.19. The van der Waals surface area contributed by atoms with Crippen LogP contribution in [0.15, 0.2) is 10.9 Å². The summed E-state index contributed by atoms with van der Waals surface area (Å²) in [5, 5.41) is 13.7. The second kappa shape index (κ2) is 5.48. The first kappa shape index (κ1) is 13.0. The minimum Gasteiger partial charge on any atom is -0.481 e. The van der Waals surface area contributed by atoms with Crippen LogP contribution >= 0.6 is 11.3 Å². The fraction of sp³-hybridized carbons (Fsp3) is 0.583. The van der Waals surface area contributed by atoms with Crippen LogP contribution in [-0.2, 0) is 4.79 Å². The molecule has 0 saturated heterocycles. The average molecular weight is 268 g/mol. The summed E-state index contributed by atoms with van der Waals surface area (Å²) in [5.74, 6) is -1.09. The predicted octanol–water partition coefficient (Wildman–Crippen LogP) is 1.91. The average Bonchev–Trinajstić information content (AvgIpc) is 2.91. The molecule has 1 amide bonds. The summed E-state index contributed by atoms with van der Waals surface area (Å²) >= 11 is 1.35. The molecule has 1 aromatic rings. The van der Waals surface area contributed by atoms with Gasteiger partial charge in [0.25, 0.3) is 5.91 Å². The number of rotatable bonds is 4. The molecular weight excluding hydrogens is 252 g/mol. The third-order valence-corrected chi connectivity index (χ3v) is 4.10. The van der Waals surface area contributed by atoms with E-state index >= 15 is 0 Å². The van der Waals surface area contributed by atoms with Gasteiger partial charge in [-0.3, -0.25) is 9.59 Å². The van der Waals surface area contributed by atoms with Gasteiger partial charge in [0, 0.05) is 11.9 Å². The first-order valence-corrected chi connectivity index (χ1v) is 6.98. The van der Waals surface area contributed by atoms with E-state index < -0.39 is 11.4 Å². The van der Waals surface area contributed by atoms with Crippen molar-refractivity contribution in [3.8, 4) is 0 Å². The Hall–Kier alpha value is -1.43. The van der Waals surface area contributed by atoms with Gasteiger partial charge in [-0.05, 0) is 12.8 Å². The zero-order chi connectivity index (χ0) is 13.0. The number of amides is 1. The lowest BCUT2D eigenvalue weighted by Crippen LogP contribution is -2.44. The van der Waals surface area contributed by atoms with Gasteiger partial charge in [0.1, 0.15) is 5.69 Å². The van der Waals surface area contributed by atoms with Crippen LogP contribution in [0.4, 0.5) is 0 Å². The number of aliphatic carboxylic acids is 1. The summed E-state index contributed by atoms with van der Waals surface area (Å²) in [7, 11) is 0. The van der Waals surface area contributed by atoms with Crippen molar-refractivity contribution in [3.05, 3.63) is 16.6 Å². The first-order valence-electron chi connectivity index (χ1n) is 6.04. The number of carbonyl (C=O) groups is 2. The van der Waals surface area contributed by atoms with Gasteiger partial charge in [0.15, 0.2) is 0 Å². The normalized spacial score (nSPS) is 18.2. The van der Waals surface area contributed by atoms with Gasteiger partial charge in [0.2, 0.25) is 0 Å². The van der Waals surface area contributed by atoms with Crippen LogP contribution in [0.5, 0.6) is 0 Å². The molecule has 0 aliphatic heterocycles. The number of carbonyl (C=O) groups excluding carboxylic acids is 1. The molecule has 1 aromatic heterocycles. The molecule has 0 aromatic carbocycles. The maximum absolute atomic E-state index is 11.8. The highest BCUT2D eigenvalue weighted by Gasteiger charge is 2.39. The van der Waals surface area contributed by atoms with Crippen LogP contribution in [0.3, 0.4) is 0 Å². The van der Waals surface area contributed by atoms with Gasteiger partial charge in [-0.25, -0.2) is 4.98 Å². The molecule has 0 radical (unpaired) electrons. The summed E-state index contributed by atoms with van der Waals surface area (Å²) < 4.78 is 0. The fourth-order valence-electron chi connectivity index (χ4n) is 2.36. The summed E-state index contributed by atoms with van der Waals surface area (Å²) in [4.78, 5) is 27.1. The number of nitrogens with one attached hydrogen (secondary N) is 1. The van der Waals surface area contributed by atoms with Crippen LogP contribution in [0.25, 0.3) is 0 Å². The predicted molar refractivity (Wildman–Crippen MR) is 67.6 cm³/mol. The summed E-state index contributed by atoms with van der Waals surface area (Å²) in [5.41, 5.74) is 1.16. The number of hydrogen-bond donors (Lipinski definition) is 2. The fourth-order valence-corrected chi connectivity index (χ4v) is 2.89. The van der Waals surface area contributed by atoms with Gasteiger partial charge >= 0.3 is 5.97 Å². The highest BCUT2D eigenvalue weighted by Crippen LogP contribution is 2.36. The molecule has 1 saturated carbocycles. The van der Waals surface area contributed by atoms with Crippen LogP contribution in [-0.4, -0.2) is 28.5 Å². The Morgan fingerprint density at radius 1 is 1.39 bits per heavy atom. The zero-order valence-electron chi connectivity index (χ0n) is 10.0. The third-order valence-electron chi connectivity index (χ3n) is 3.52. The Kier molecular flexibility index (Phi) is 3.96. The van der Waals surface area contributed by atoms with E-state index in [1.807, 2.05) is 0 Å². The quantitative estimate of drug-likeness (QED) is 0.874. The number of hydrogen-bond acceptors (Lipinski definition) is 4. The molecular formula is C12H16N2O3S. The van der Waals surface area contributed by atoms with Crippen molar-refractivity contribution >= 4 is 23.2 Å². The first-order chi connectivity index (χ1) is 8.64. The number of nitrogens with zero attached hydrogens (tertiary/aromatic N) is 1. The Labute approximate surface area is 109 Å². The van der Waals surface area contributed by atoms with Crippen molar-refractivity contribution in [2.24, 2.45) is 5.41 Å². The molecule has 18 heavy (non-hydrogen) atoms. The lowest BCUT2D eigenvalue weighted by atomic mass is 9.74. The Morgan fingerprint density at radius 2 is 2.11 bits per heavy atom. The number of aromatic nitrogens is 1. The number of carboxylic acid groups (broad SMARTS) is 1. The zero-order valence-corrected chi connectivity index (χ0v) is 10.8. The highest BCUT2D eigenvalue weighted by molar-refractivity contribution is 7.07. The number of carboxylic acids is 1. The Balaban J connectivity index is 1.98. The summed E-state index contributed by atoms with van der Waals surface area (Å²) in [6, 6.07) is 0. The highest BCUT2D eigenvalue weighted by atomic mass is 32.1. The molecule has 1 fully saturated rings. The van der Waals surface area contributed by atoms with Crippen molar-refractivity contribution in [1.29, 1.82) is 0 Å². The molecule has 1 aliphatic rings. The van der Waals surface area contributed by atoms with Gasteiger partial charge < -0.3 is 10.4 Å². The lowest BCUT2D eigenvalue weighted by molar-refractivity contribution is -0.150. The SMILES string of the molecule is O=C(NCC1(C(=O)O)CCCCC1)c1cscn1. The van der Waals surface area contributed by atoms with Gasteiger partial charge in [-0.15, -0.1) is 11.3 Å². The summed E-state index contributed by atoms with van der Waals surface area (Å²) in [6.45, 7) is 0.193. The monoisotopic (exact) mass is 268 g/mol. The topological polar surface area (TPSA) is 79.3 Å². The van der Waals surface area contributed by atoms with Gasteiger partial charge in [0.05, 0.1) is 10.9 Å². The van der Waals surface area contributed by atoms with Crippen LogP contribution < -0.4 is 5.32 Å². The maximum atomic E-state index is 11.8. The largest absolute Gasteiger partial charge is 0.481 e. The van der Waals surface area contributed by atoms with Crippen molar-refractivity contribution in [2.45, 2.75) is 32.1 Å².